The van der Waals surface area contributed by atoms with E-state index < -0.39 is 24.2 Å². The molecule has 0 radical (unpaired) electrons. The molecule has 0 spiro atoms. The molecule has 8 heteroatoms. The average Bonchev–Trinajstić information content (AvgIpc) is 3.42. The molecule has 1 heterocycles. The molecule has 0 bridgehead atoms. The maximum Gasteiger partial charge on any atom is 0.407 e. The highest BCUT2D eigenvalue weighted by Crippen LogP contribution is 2.44. The van der Waals surface area contributed by atoms with Crippen LogP contribution in [0.1, 0.15) is 43.2 Å². The van der Waals surface area contributed by atoms with Gasteiger partial charge in [0.05, 0.1) is 6.04 Å². The van der Waals surface area contributed by atoms with Crippen molar-refractivity contribution in [1.82, 2.24) is 10.6 Å². The van der Waals surface area contributed by atoms with Crippen molar-refractivity contribution >= 4 is 18.0 Å². The highest BCUT2D eigenvalue weighted by Gasteiger charge is 2.36. The first kappa shape index (κ1) is 23.8. The van der Waals surface area contributed by atoms with Gasteiger partial charge in [-0.05, 0) is 34.6 Å². The molecule has 8 nitrogen and oxygen atoms in total. The van der Waals surface area contributed by atoms with Crippen molar-refractivity contribution in [3.05, 3.63) is 59.7 Å². The number of carbonyl (C=O) groups excluding carboxylic acids is 2. The third kappa shape index (κ3) is 5.22. The third-order valence-corrected chi connectivity index (χ3v) is 6.60. The fourth-order valence-electron chi connectivity index (χ4n) is 4.74. The fraction of sp³-hybridized carbons (Fsp3) is 0.423. The normalized spacial score (nSPS) is 19.7. The number of nitrogens with one attached hydrogen (secondary N) is 2. The van der Waals surface area contributed by atoms with E-state index in [1.165, 1.54) is 0 Å². The minimum atomic E-state index is -0.895. The number of carboxylic acid groups (broad SMARTS) is 1. The topological polar surface area (TPSA) is 114 Å². The Kier molecular flexibility index (Phi) is 7.47. The van der Waals surface area contributed by atoms with Crippen LogP contribution >= 0.6 is 0 Å². The second kappa shape index (κ2) is 10.7. The third-order valence-electron chi connectivity index (χ3n) is 6.60. The molecule has 0 saturated carbocycles. The van der Waals surface area contributed by atoms with Gasteiger partial charge in [0.25, 0.3) is 5.91 Å². The van der Waals surface area contributed by atoms with Crippen molar-refractivity contribution in [1.29, 1.82) is 0 Å². The molecule has 3 atom stereocenters. The lowest BCUT2D eigenvalue weighted by atomic mass is 9.98. The molecule has 180 valence electrons. The number of alkyl carbamates (subject to hydrolysis) is 1. The molecular formula is C26H30N2O6. The molecule has 4 rings (SSSR count). The highest BCUT2D eigenvalue weighted by atomic mass is 16.6. The van der Waals surface area contributed by atoms with E-state index in [2.05, 4.69) is 34.9 Å². The zero-order valence-electron chi connectivity index (χ0n) is 19.2. The van der Waals surface area contributed by atoms with Gasteiger partial charge in [0, 0.05) is 25.5 Å². The van der Waals surface area contributed by atoms with Crippen LogP contribution in [0.25, 0.3) is 11.1 Å². The Morgan fingerprint density at radius 2 is 1.74 bits per heavy atom. The predicted molar refractivity (Wildman–Crippen MR) is 125 cm³/mol. The van der Waals surface area contributed by atoms with E-state index >= 15 is 0 Å². The Hall–Kier alpha value is -3.39. The van der Waals surface area contributed by atoms with Gasteiger partial charge in [-0.25, -0.2) is 4.79 Å². The monoisotopic (exact) mass is 466 g/mol. The number of carbonyl (C=O) groups is 3. The standard InChI is InChI=1S/C26H30N2O6/c1-2-16(13-23(29)30)14-27-25(31)24-22(11-12-33-24)28-26(32)34-15-21-19-9-5-3-7-17(19)18-8-4-6-10-20(18)21/h3-10,16,21-22,24H,2,11-15H2,1H3,(H,27,31)(H,28,32)(H,29,30)/t16?,22-,24+/m1/s1. The lowest BCUT2D eigenvalue weighted by Gasteiger charge is -2.21. The summed E-state index contributed by atoms with van der Waals surface area (Å²) in [4.78, 5) is 36.1. The van der Waals surface area contributed by atoms with Crippen molar-refractivity contribution in [2.45, 2.75) is 44.2 Å². The van der Waals surface area contributed by atoms with Crippen LogP contribution in [0.5, 0.6) is 0 Å². The zero-order chi connectivity index (χ0) is 24.1. The van der Waals surface area contributed by atoms with E-state index in [9.17, 15) is 14.4 Å². The first-order valence-corrected chi connectivity index (χ1v) is 11.7. The van der Waals surface area contributed by atoms with E-state index in [0.717, 1.165) is 22.3 Å². The molecule has 2 aromatic carbocycles. The van der Waals surface area contributed by atoms with Crippen molar-refractivity contribution in [2.24, 2.45) is 5.92 Å². The molecule has 2 aliphatic rings. The Morgan fingerprint density at radius 1 is 1.09 bits per heavy atom. The van der Waals surface area contributed by atoms with Gasteiger partial charge in [-0.1, -0.05) is 61.9 Å². The van der Waals surface area contributed by atoms with Crippen LogP contribution in [0.2, 0.25) is 0 Å². The van der Waals surface area contributed by atoms with Crippen molar-refractivity contribution in [2.75, 3.05) is 19.8 Å². The smallest absolute Gasteiger partial charge is 0.407 e. The summed E-state index contributed by atoms with van der Waals surface area (Å²) in [6.07, 6.45) is -0.298. The summed E-state index contributed by atoms with van der Waals surface area (Å²) >= 11 is 0. The number of aliphatic carboxylic acids is 1. The Labute approximate surface area is 198 Å². The minimum Gasteiger partial charge on any atom is -0.481 e. The number of hydrogen-bond acceptors (Lipinski definition) is 5. The van der Waals surface area contributed by atoms with E-state index in [4.69, 9.17) is 14.6 Å². The van der Waals surface area contributed by atoms with Crippen molar-refractivity contribution in [3.63, 3.8) is 0 Å². The number of carboxylic acids is 1. The van der Waals surface area contributed by atoms with E-state index in [1.54, 1.807) is 0 Å². The predicted octanol–water partition coefficient (Wildman–Crippen LogP) is 3.30. The van der Waals surface area contributed by atoms with Crippen LogP contribution in [0.15, 0.2) is 48.5 Å². The lowest BCUT2D eigenvalue weighted by Crippen LogP contribution is -2.49. The average molecular weight is 467 g/mol. The van der Waals surface area contributed by atoms with Gasteiger partial charge >= 0.3 is 12.1 Å². The summed E-state index contributed by atoms with van der Waals surface area (Å²) in [6, 6.07) is 15.7. The van der Waals surface area contributed by atoms with Crippen LogP contribution < -0.4 is 10.6 Å². The summed E-state index contributed by atoms with van der Waals surface area (Å²) in [7, 11) is 0. The number of hydrogen-bond donors (Lipinski definition) is 3. The van der Waals surface area contributed by atoms with Gasteiger partial charge in [0.1, 0.15) is 6.61 Å². The Balaban J connectivity index is 1.32. The number of ether oxygens (including phenoxy) is 2. The van der Waals surface area contributed by atoms with E-state index in [0.29, 0.717) is 19.4 Å². The maximum absolute atomic E-state index is 12.6. The van der Waals surface area contributed by atoms with Crippen LogP contribution in [-0.4, -0.2) is 55.0 Å². The molecule has 1 fully saturated rings. The molecular weight excluding hydrogens is 436 g/mol. The molecule has 0 aromatic heterocycles. The summed E-state index contributed by atoms with van der Waals surface area (Å²) in [6.45, 7) is 2.67. The van der Waals surface area contributed by atoms with E-state index in [1.807, 2.05) is 31.2 Å². The molecule has 2 amide bonds. The Bertz CT molecular complexity index is 1010. The zero-order valence-corrected chi connectivity index (χ0v) is 19.2. The van der Waals surface area contributed by atoms with Crippen LogP contribution in [0.3, 0.4) is 0 Å². The van der Waals surface area contributed by atoms with Crippen molar-refractivity contribution < 1.29 is 29.0 Å². The first-order chi connectivity index (χ1) is 16.5. The van der Waals surface area contributed by atoms with Crippen molar-refractivity contribution in [3.8, 4) is 11.1 Å². The number of fused-ring (bicyclic) bond motifs is 3. The number of rotatable bonds is 9. The van der Waals surface area contributed by atoms with Crippen LogP contribution in [0.4, 0.5) is 4.79 Å². The number of benzene rings is 2. The summed E-state index contributed by atoms with van der Waals surface area (Å²) in [5.74, 6) is -1.45. The van der Waals surface area contributed by atoms with E-state index in [-0.39, 0.29) is 37.3 Å². The fourth-order valence-corrected chi connectivity index (χ4v) is 4.74. The van der Waals surface area contributed by atoms with Gasteiger partial charge in [-0.15, -0.1) is 0 Å². The molecule has 1 aliphatic heterocycles. The second-order valence-electron chi connectivity index (χ2n) is 8.77. The van der Waals surface area contributed by atoms with Gasteiger partial charge in [0.2, 0.25) is 0 Å². The molecule has 2 aromatic rings. The lowest BCUT2D eigenvalue weighted by molar-refractivity contribution is -0.138. The maximum atomic E-state index is 12.6. The summed E-state index contributed by atoms with van der Waals surface area (Å²) in [5.41, 5.74) is 4.57. The quantitative estimate of drug-likeness (QED) is 0.523. The Morgan fingerprint density at radius 3 is 2.35 bits per heavy atom. The molecule has 1 saturated heterocycles. The minimum absolute atomic E-state index is 0.0102. The molecule has 1 unspecified atom stereocenters. The summed E-state index contributed by atoms with van der Waals surface area (Å²) in [5, 5.41) is 14.5. The van der Waals surface area contributed by atoms with Crippen LogP contribution in [0, 0.1) is 5.92 Å². The van der Waals surface area contributed by atoms with Gasteiger partial charge in [-0.3, -0.25) is 9.59 Å². The highest BCUT2D eigenvalue weighted by molar-refractivity contribution is 5.83. The van der Waals surface area contributed by atoms with Crippen LogP contribution in [-0.2, 0) is 19.1 Å². The molecule has 34 heavy (non-hydrogen) atoms. The SMILES string of the molecule is CCC(CNC(=O)[C@H]1OCC[C@H]1NC(=O)OCC1c2ccccc2-c2ccccc21)CC(=O)O. The van der Waals surface area contributed by atoms with Gasteiger partial charge in [-0.2, -0.15) is 0 Å². The number of amides is 2. The van der Waals surface area contributed by atoms with Gasteiger partial charge in [0.15, 0.2) is 6.10 Å². The molecule has 1 aliphatic carbocycles. The largest absolute Gasteiger partial charge is 0.481 e. The first-order valence-electron chi connectivity index (χ1n) is 11.7. The van der Waals surface area contributed by atoms with Gasteiger partial charge < -0.3 is 25.2 Å². The summed E-state index contributed by atoms with van der Waals surface area (Å²) < 4.78 is 11.1. The second-order valence-corrected chi connectivity index (χ2v) is 8.77. The molecule has 3 N–H and O–H groups in total.